The molecule has 0 aliphatic carbocycles. The van der Waals surface area contributed by atoms with Gasteiger partial charge < -0.3 is 19.1 Å². The molecule has 0 saturated heterocycles. The molecule has 0 unspecified atom stereocenters. The van der Waals surface area contributed by atoms with E-state index in [1.165, 1.54) is 88.6 Å². The second-order valence-corrected chi connectivity index (χ2v) is 14.5. The highest BCUT2D eigenvalue weighted by molar-refractivity contribution is 7.03. The third kappa shape index (κ3) is 3.34. The van der Waals surface area contributed by atoms with Crippen LogP contribution in [0.2, 0.25) is 0 Å². The Morgan fingerprint density at radius 3 is 1.43 bits per heavy atom. The van der Waals surface area contributed by atoms with Gasteiger partial charge in [-0.25, -0.2) is 0 Å². The van der Waals surface area contributed by atoms with Crippen molar-refractivity contribution < 1.29 is 0 Å². The summed E-state index contributed by atoms with van der Waals surface area (Å²) in [6.45, 7) is 0.0403. The van der Waals surface area contributed by atoms with Crippen LogP contribution in [0.5, 0.6) is 0 Å². The molecule has 0 amide bonds. The standard InChI is InChI=1S/C48H29BN4/c1-4-15-30(16-5-1)50-37-25-13-27-39-44(37)49-45-38(50)26-14-28-40(45)52(32-19-8-3-9-20-32)48-43-35-23-12-22-34-33-21-10-11-24-36(33)53(47(34)35)41(43)29-42(46(48)49)51(39)31-17-6-2-7-18-31/h1-29H. The number of fused-ring (bicyclic) bond motifs is 7. The molecule has 244 valence electrons. The molecule has 0 fully saturated rings. The number of benzene rings is 8. The molecule has 53 heavy (non-hydrogen) atoms. The third-order valence-electron chi connectivity index (χ3n) is 12.0. The van der Waals surface area contributed by atoms with Crippen molar-refractivity contribution in [1.82, 2.24) is 4.40 Å². The Bertz CT molecular complexity index is 3120. The molecule has 0 N–H and O–H groups in total. The Morgan fingerprint density at radius 2 is 0.811 bits per heavy atom. The zero-order valence-corrected chi connectivity index (χ0v) is 28.6. The summed E-state index contributed by atoms with van der Waals surface area (Å²) >= 11 is 0. The summed E-state index contributed by atoms with van der Waals surface area (Å²) < 4.78 is 2.54. The predicted octanol–water partition coefficient (Wildman–Crippen LogP) is 10.7. The Labute approximate surface area is 306 Å². The van der Waals surface area contributed by atoms with Crippen LogP contribution in [-0.4, -0.2) is 11.1 Å². The predicted molar refractivity (Wildman–Crippen MR) is 223 cm³/mol. The van der Waals surface area contributed by atoms with E-state index in [9.17, 15) is 0 Å². The van der Waals surface area contributed by atoms with Gasteiger partial charge in [-0.05, 0) is 89.2 Å². The molecule has 2 aromatic heterocycles. The van der Waals surface area contributed by atoms with Crippen molar-refractivity contribution in [3.05, 3.63) is 176 Å². The molecule has 4 nitrogen and oxygen atoms in total. The largest absolute Gasteiger partial charge is 0.311 e. The van der Waals surface area contributed by atoms with Crippen molar-refractivity contribution in [2.75, 3.05) is 14.7 Å². The molecular weight excluding hydrogens is 643 g/mol. The van der Waals surface area contributed by atoms with Crippen molar-refractivity contribution in [3.63, 3.8) is 0 Å². The van der Waals surface area contributed by atoms with Gasteiger partial charge in [0.2, 0.25) is 0 Å². The van der Waals surface area contributed by atoms with Crippen molar-refractivity contribution in [1.29, 1.82) is 0 Å². The topological polar surface area (TPSA) is 14.1 Å². The fraction of sp³-hybridized carbons (Fsp3) is 0. The summed E-state index contributed by atoms with van der Waals surface area (Å²) in [5.74, 6) is 0. The van der Waals surface area contributed by atoms with Crippen LogP contribution in [0.1, 0.15) is 0 Å². The Kier molecular flexibility index (Phi) is 5.16. The number of nitrogens with zero attached hydrogens (tertiary/aromatic N) is 4. The first-order valence-corrected chi connectivity index (χ1v) is 18.4. The minimum atomic E-state index is 0.0403. The first-order chi connectivity index (χ1) is 26.4. The van der Waals surface area contributed by atoms with Crippen LogP contribution in [0.15, 0.2) is 176 Å². The van der Waals surface area contributed by atoms with Crippen LogP contribution < -0.4 is 31.1 Å². The van der Waals surface area contributed by atoms with E-state index in [-0.39, 0.29) is 6.71 Å². The molecule has 0 saturated carbocycles. The molecule has 13 rings (SSSR count). The highest BCUT2D eigenvalue weighted by Crippen LogP contribution is 2.54. The second kappa shape index (κ2) is 9.87. The molecule has 3 aliphatic heterocycles. The van der Waals surface area contributed by atoms with Gasteiger partial charge in [-0.15, -0.1) is 0 Å². The summed E-state index contributed by atoms with van der Waals surface area (Å²) in [6.07, 6.45) is 0. The maximum atomic E-state index is 2.58. The minimum Gasteiger partial charge on any atom is -0.311 e. The quantitative estimate of drug-likeness (QED) is 0.174. The van der Waals surface area contributed by atoms with E-state index in [1.54, 1.807) is 0 Å². The van der Waals surface area contributed by atoms with E-state index in [0.717, 1.165) is 17.1 Å². The van der Waals surface area contributed by atoms with Crippen LogP contribution >= 0.6 is 0 Å². The summed E-state index contributed by atoms with van der Waals surface area (Å²) in [5, 5.41) is 5.18. The van der Waals surface area contributed by atoms with Crippen molar-refractivity contribution in [2.45, 2.75) is 0 Å². The first-order valence-electron chi connectivity index (χ1n) is 18.4. The summed E-state index contributed by atoms with van der Waals surface area (Å²) in [5.41, 5.74) is 18.7. The zero-order valence-electron chi connectivity index (χ0n) is 28.6. The van der Waals surface area contributed by atoms with Crippen LogP contribution in [0.25, 0.3) is 38.1 Å². The maximum absolute atomic E-state index is 2.58. The molecule has 0 atom stereocenters. The van der Waals surface area contributed by atoms with E-state index < -0.39 is 0 Å². The number of aromatic nitrogens is 1. The van der Waals surface area contributed by atoms with Gasteiger partial charge in [-0.2, -0.15) is 0 Å². The fourth-order valence-corrected chi connectivity index (χ4v) is 10.1. The fourth-order valence-electron chi connectivity index (χ4n) is 10.1. The maximum Gasteiger partial charge on any atom is 0.257 e. The van der Waals surface area contributed by atoms with E-state index >= 15 is 0 Å². The van der Waals surface area contributed by atoms with Gasteiger partial charge in [0.25, 0.3) is 6.71 Å². The Morgan fingerprint density at radius 1 is 0.340 bits per heavy atom. The van der Waals surface area contributed by atoms with Gasteiger partial charge in [0.1, 0.15) is 0 Å². The van der Waals surface area contributed by atoms with E-state index in [4.69, 9.17) is 0 Å². The summed E-state index contributed by atoms with van der Waals surface area (Å²) in [6, 6.07) is 64.9. The molecule has 8 aromatic carbocycles. The van der Waals surface area contributed by atoms with Gasteiger partial charge in [0.15, 0.2) is 0 Å². The van der Waals surface area contributed by atoms with Crippen molar-refractivity contribution >= 4 is 112 Å². The van der Waals surface area contributed by atoms with Gasteiger partial charge in [-0.3, -0.25) is 0 Å². The minimum absolute atomic E-state index is 0.0403. The van der Waals surface area contributed by atoms with Crippen molar-refractivity contribution in [3.8, 4) is 0 Å². The number of hydrogen-bond acceptors (Lipinski definition) is 3. The van der Waals surface area contributed by atoms with Gasteiger partial charge >= 0.3 is 0 Å². The highest BCUT2D eigenvalue weighted by atomic mass is 15.2. The highest BCUT2D eigenvalue weighted by Gasteiger charge is 2.50. The second-order valence-electron chi connectivity index (χ2n) is 14.5. The number of anilines is 9. The number of hydrogen-bond donors (Lipinski definition) is 0. The average Bonchev–Trinajstić information content (AvgIpc) is 3.74. The summed E-state index contributed by atoms with van der Waals surface area (Å²) in [7, 11) is 0. The number of para-hydroxylation sites is 5. The van der Waals surface area contributed by atoms with Crippen LogP contribution in [-0.2, 0) is 0 Å². The lowest BCUT2D eigenvalue weighted by atomic mass is 9.31. The molecule has 5 heteroatoms. The van der Waals surface area contributed by atoms with Crippen LogP contribution in [0, 0.1) is 0 Å². The lowest BCUT2D eigenvalue weighted by Gasteiger charge is -2.49. The Balaban J connectivity index is 1.28. The molecule has 0 radical (unpaired) electrons. The third-order valence-corrected chi connectivity index (χ3v) is 12.0. The van der Waals surface area contributed by atoms with E-state index in [2.05, 4.69) is 195 Å². The lowest BCUT2D eigenvalue weighted by Crippen LogP contribution is -2.64. The molecule has 3 aliphatic rings. The molecular formula is C48H29BN4. The van der Waals surface area contributed by atoms with Gasteiger partial charge in [0.05, 0.1) is 22.2 Å². The lowest BCUT2D eigenvalue weighted by molar-refractivity contribution is 1.22. The van der Waals surface area contributed by atoms with E-state index in [1.807, 2.05) is 0 Å². The summed E-state index contributed by atoms with van der Waals surface area (Å²) in [4.78, 5) is 7.60. The average molecular weight is 673 g/mol. The van der Waals surface area contributed by atoms with Gasteiger partial charge in [-0.1, -0.05) is 103 Å². The normalized spacial score (nSPS) is 13.9. The SMILES string of the molecule is c1ccc(N2c3cccc4c3B3c5c2cccc5N(c2ccccc2)c2c3c(cc3c2c2cccc5c6ccccc6n3c52)N4c2ccccc2)cc1. The number of rotatable bonds is 3. The Hall–Kier alpha value is -6.98. The van der Waals surface area contributed by atoms with Gasteiger partial charge in [0, 0.05) is 67.0 Å². The van der Waals surface area contributed by atoms with Crippen LogP contribution in [0.3, 0.4) is 0 Å². The first kappa shape index (κ1) is 27.7. The van der Waals surface area contributed by atoms with Crippen LogP contribution in [0.4, 0.5) is 51.2 Å². The molecule has 0 spiro atoms. The van der Waals surface area contributed by atoms with Crippen molar-refractivity contribution in [2.24, 2.45) is 0 Å². The monoisotopic (exact) mass is 672 g/mol. The smallest absolute Gasteiger partial charge is 0.257 e. The molecule has 10 aromatic rings. The molecule has 5 heterocycles. The zero-order chi connectivity index (χ0) is 34.4. The van der Waals surface area contributed by atoms with E-state index in [0.29, 0.717) is 0 Å². The molecule has 0 bridgehead atoms.